The second-order valence-electron chi connectivity index (χ2n) is 4.93. The van der Waals surface area contributed by atoms with Crippen molar-refractivity contribution in [2.75, 3.05) is 6.61 Å². The molecule has 2 heteroatoms. The highest BCUT2D eigenvalue weighted by atomic mass is 35.5. The normalized spacial score (nSPS) is 24.3. The molecule has 1 saturated carbocycles. The van der Waals surface area contributed by atoms with Gasteiger partial charge < -0.3 is 4.74 Å². The van der Waals surface area contributed by atoms with Crippen molar-refractivity contribution in [1.29, 1.82) is 0 Å². The molecule has 2 rings (SSSR count). The lowest BCUT2D eigenvalue weighted by Crippen LogP contribution is -2.11. The van der Waals surface area contributed by atoms with E-state index in [1.54, 1.807) is 5.54 Å². The van der Waals surface area contributed by atoms with Crippen LogP contribution in [-0.2, 0) is 0 Å². The summed E-state index contributed by atoms with van der Waals surface area (Å²) in [5.74, 6) is 2.36. The number of hydrogen-bond donors (Lipinski definition) is 0. The number of rotatable bonds is 4. The molecule has 1 aromatic rings. The number of ether oxygens (including phenoxy) is 1. The third-order valence-electron chi connectivity index (χ3n) is 3.78. The van der Waals surface area contributed by atoms with Crippen LogP contribution in [0.2, 0.25) is 0 Å². The molecule has 1 aliphatic rings. The topological polar surface area (TPSA) is 9.23 Å². The Balaban J connectivity index is 1.92. The van der Waals surface area contributed by atoms with Crippen LogP contribution in [0.1, 0.15) is 44.1 Å². The first-order valence-corrected chi connectivity index (χ1v) is 7.26. The SMILES string of the molecule is CCOc1ccc([C@H]2CC[C@H](/C=C/Cl)CC2)cc1. The molecule has 1 fully saturated rings. The van der Waals surface area contributed by atoms with Crippen LogP contribution in [-0.4, -0.2) is 6.61 Å². The lowest BCUT2D eigenvalue weighted by atomic mass is 9.79. The van der Waals surface area contributed by atoms with E-state index in [9.17, 15) is 0 Å². The van der Waals surface area contributed by atoms with Gasteiger partial charge in [-0.05, 0) is 62.1 Å². The minimum atomic E-state index is 0.682. The molecule has 0 saturated heterocycles. The van der Waals surface area contributed by atoms with Gasteiger partial charge in [-0.2, -0.15) is 0 Å². The fourth-order valence-electron chi connectivity index (χ4n) is 2.75. The molecule has 18 heavy (non-hydrogen) atoms. The van der Waals surface area contributed by atoms with E-state index in [0.717, 1.165) is 12.4 Å². The molecule has 0 spiro atoms. The summed E-state index contributed by atoms with van der Waals surface area (Å²) < 4.78 is 5.47. The Kier molecular flexibility index (Phi) is 5.12. The first-order valence-electron chi connectivity index (χ1n) is 6.83. The van der Waals surface area contributed by atoms with E-state index in [1.807, 2.05) is 6.92 Å². The van der Waals surface area contributed by atoms with Gasteiger partial charge in [-0.3, -0.25) is 0 Å². The number of allylic oxidation sites excluding steroid dienone is 1. The minimum Gasteiger partial charge on any atom is -0.494 e. The van der Waals surface area contributed by atoms with E-state index < -0.39 is 0 Å². The van der Waals surface area contributed by atoms with Crippen molar-refractivity contribution in [3.05, 3.63) is 41.4 Å². The van der Waals surface area contributed by atoms with Crippen LogP contribution in [0.5, 0.6) is 5.75 Å². The Bertz CT molecular complexity index is 375. The summed E-state index contributed by atoms with van der Waals surface area (Å²) in [4.78, 5) is 0. The van der Waals surface area contributed by atoms with Crippen molar-refractivity contribution in [2.24, 2.45) is 5.92 Å². The molecule has 0 aliphatic heterocycles. The van der Waals surface area contributed by atoms with Crippen LogP contribution < -0.4 is 4.74 Å². The van der Waals surface area contributed by atoms with Gasteiger partial charge in [-0.15, -0.1) is 0 Å². The zero-order valence-electron chi connectivity index (χ0n) is 10.9. The number of hydrogen-bond acceptors (Lipinski definition) is 1. The van der Waals surface area contributed by atoms with Gasteiger partial charge in [-0.25, -0.2) is 0 Å². The van der Waals surface area contributed by atoms with Gasteiger partial charge >= 0.3 is 0 Å². The average Bonchev–Trinajstić information content (AvgIpc) is 2.41. The van der Waals surface area contributed by atoms with Crippen molar-refractivity contribution in [3.63, 3.8) is 0 Å². The first kappa shape index (κ1) is 13.5. The highest BCUT2D eigenvalue weighted by molar-refractivity contribution is 6.25. The molecular formula is C16H21ClO. The Morgan fingerprint density at radius 1 is 1.17 bits per heavy atom. The predicted molar refractivity (Wildman–Crippen MR) is 77.3 cm³/mol. The summed E-state index contributed by atoms with van der Waals surface area (Å²) in [6.07, 6.45) is 7.16. The first-order chi connectivity index (χ1) is 8.83. The minimum absolute atomic E-state index is 0.682. The molecule has 0 aromatic heterocycles. The molecule has 0 atom stereocenters. The van der Waals surface area contributed by atoms with Gasteiger partial charge in [0.1, 0.15) is 5.75 Å². The quantitative estimate of drug-likeness (QED) is 0.734. The van der Waals surface area contributed by atoms with E-state index in [0.29, 0.717) is 11.8 Å². The van der Waals surface area contributed by atoms with Crippen LogP contribution in [0, 0.1) is 5.92 Å². The zero-order valence-corrected chi connectivity index (χ0v) is 11.7. The number of benzene rings is 1. The molecule has 1 aromatic carbocycles. The lowest BCUT2D eigenvalue weighted by molar-refractivity contribution is 0.339. The Hall–Kier alpha value is -0.950. The fourth-order valence-corrected chi connectivity index (χ4v) is 2.96. The largest absolute Gasteiger partial charge is 0.494 e. The molecule has 1 nitrogen and oxygen atoms in total. The van der Waals surface area contributed by atoms with Gasteiger partial charge in [-0.1, -0.05) is 29.8 Å². The van der Waals surface area contributed by atoms with Gasteiger partial charge in [0.05, 0.1) is 6.61 Å². The van der Waals surface area contributed by atoms with Crippen LogP contribution in [0.15, 0.2) is 35.9 Å². The highest BCUT2D eigenvalue weighted by Crippen LogP contribution is 2.36. The van der Waals surface area contributed by atoms with Crippen LogP contribution in [0.3, 0.4) is 0 Å². The molecule has 0 N–H and O–H groups in total. The van der Waals surface area contributed by atoms with E-state index >= 15 is 0 Å². The van der Waals surface area contributed by atoms with Crippen molar-refractivity contribution in [1.82, 2.24) is 0 Å². The second kappa shape index (κ2) is 6.84. The molecule has 98 valence electrons. The summed E-state index contributed by atoms with van der Waals surface area (Å²) in [6.45, 7) is 2.74. The van der Waals surface area contributed by atoms with Gasteiger partial charge in [0, 0.05) is 5.54 Å². The Labute approximate surface area is 115 Å². The van der Waals surface area contributed by atoms with Crippen molar-refractivity contribution in [3.8, 4) is 5.75 Å². The maximum absolute atomic E-state index is 5.64. The molecule has 0 heterocycles. The van der Waals surface area contributed by atoms with E-state index in [4.69, 9.17) is 16.3 Å². The maximum atomic E-state index is 5.64. The lowest BCUT2D eigenvalue weighted by Gasteiger charge is -2.27. The molecule has 0 bridgehead atoms. The fraction of sp³-hybridized carbons (Fsp3) is 0.500. The van der Waals surface area contributed by atoms with E-state index in [2.05, 4.69) is 30.3 Å². The van der Waals surface area contributed by atoms with Crippen molar-refractivity contribution in [2.45, 2.75) is 38.5 Å². The average molecular weight is 265 g/mol. The van der Waals surface area contributed by atoms with E-state index in [-0.39, 0.29) is 0 Å². The third kappa shape index (κ3) is 3.52. The van der Waals surface area contributed by atoms with Crippen molar-refractivity contribution >= 4 is 11.6 Å². The molecule has 1 aliphatic carbocycles. The summed E-state index contributed by atoms with van der Waals surface area (Å²) in [5.41, 5.74) is 3.12. The van der Waals surface area contributed by atoms with E-state index in [1.165, 1.54) is 31.2 Å². The molecule has 0 amide bonds. The monoisotopic (exact) mass is 264 g/mol. The second-order valence-corrected chi connectivity index (χ2v) is 5.18. The summed E-state index contributed by atoms with van der Waals surface area (Å²) in [6, 6.07) is 8.61. The van der Waals surface area contributed by atoms with Crippen LogP contribution >= 0.6 is 11.6 Å². The molecule has 0 radical (unpaired) electrons. The summed E-state index contributed by atoms with van der Waals surface area (Å²) >= 11 is 5.64. The third-order valence-corrected chi connectivity index (χ3v) is 3.92. The van der Waals surface area contributed by atoms with Crippen molar-refractivity contribution < 1.29 is 4.74 Å². The maximum Gasteiger partial charge on any atom is 0.119 e. The zero-order chi connectivity index (χ0) is 12.8. The Morgan fingerprint density at radius 2 is 1.83 bits per heavy atom. The van der Waals surface area contributed by atoms with Gasteiger partial charge in [0.2, 0.25) is 0 Å². The van der Waals surface area contributed by atoms with Gasteiger partial charge in [0.25, 0.3) is 0 Å². The smallest absolute Gasteiger partial charge is 0.119 e. The molecule has 0 unspecified atom stereocenters. The van der Waals surface area contributed by atoms with Crippen LogP contribution in [0.4, 0.5) is 0 Å². The highest BCUT2D eigenvalue weighted by Gasteiger charge is 2.20. The predicted octanol–water partition coefficient (Wildman–Crippen LogP) is 5.11. The molecular weight excluding hydrogens is 244 g/mol. The van der Waals surface area contributed by atoms with Gasteiger partial charge in [0.15, 0.2) is 0 Å². The number of halogens is 1. The Morgan fingerprint density at radius 3 is 2.39 bits per heavy atom. The van der Waals surface area contributed by atoms with Crippen LogP contribution in [0.25, 0.3) is 0 Å². The summed E-state index contributed by atoms with van der Waals surface area (Å²) in [5, 5.41) is 0. The summed E-state index contributed by atoms with van der Waals surface area (Å²) in [7, 11) is 0. The standard InChI is InChI=1S/C16H21ClO/c1-2-18-16-9-7-15(8-10-16)14-5-3-13(4-6-14)11-12-17/h7-14H,2-6H2,1H3/b12-11+/t13-,14-.